The number of rotatable bonds is 6. The first-order valence-electron chi connectivity index (χ1n) is 8.46. The zero-order chi connectivity index (χ0) is 16.8. The number of halogens is 1. The van der Waals surface area contributed by atoms with Crippen molar-refractivity contribution in [3.63, 3.8) is 0 Å². The molecule has 0 aliphatic carbocycles. The van der Waals surface area contributed by atoms with Crippen LogP contribution in [0.2, 0.25) is 5.02 Å². The molecular formula is C18H23ClN4O. The van der Waals surface area contributed by atoms with Gasteiger partial charge in [0.2, 0.25) is 5.91 Å². The maximum atomic E-state index is 12.1. The fourth-order valence-electron chi connectivity index (χ4n) is 3.03. The predicted octanol–water partition coefficient (Wildman–Crippen LogP) is 2.36. The molecule has 128 valence electrons. The van der Waals surface area contributed by atoms with Crippen molar-refractivity contribution in [3.05, 3.63) is 52.8 Å². The minimum absolute atomic E-state index is 0.0292. The summed E-state index contributed by atoms with van der Waals surface area (Å²) in [5, 5.41) is 11.6. The fraction of sp³-hybridized carbons (Fsp3) is 0.444. The van der Waals surface area contributed by atoms with E-state index in [9.17, 15) is 4.79 Å². The van der Waals surface area contributed by atoms with E-state index in [1.807, 2.05) is 36.5 Å². The molecule has 0 saturated carbocycles. The van der Waals surface area contributed by atoms with Gasteiger partial charge in [-0.05, 0) is 43.5 Å². The summed E-state index contributed by atoms with van der Waals surface area (Å²) in [6.07, 6.45) is 4.95. The lowest BCUT2D eigenvalue weighted by Crippen LogP contribution is -2.30. The van der Waals surface area contributed by atoms with Crippen molar-refractivity contribution in [3.8, 4) is 0 Å². The van der Waals surface area contributed by atoms with Crippen molar-refractivity contribution in [2.75, 3.05) is 19.6 Å². The number of hydrogen-bond acceptors (Lipinski definition) is 3. The van der Waals surface area contributed by atoms with Gasteiger partial charge in [-0.1, -0.05) is 29.8 Å². The van der Waals surface area contributed by atoms with Crippen LogP contribution in [0, 0.1) is 0 Å². The Kier molecular flexibility index (Phi) is 5.88. The van der Waals surface area contributed by atoms with Gasteiger partial charge in [-0.3, -0.25) is 9.48 Å². The van der Waals surface area contributed by atoms with Gasteiger partial charge >= 0.3 is 0 Å². The second-order valence-electron chi connectivity index (χ2n) is 6.17. The molecule has 2 N–H and O–H groups in total. The molecule has 0 bridgehead atoms. The van der Waals surface area contributed by atoms with Crippen molar-refractivity contribution in [1.29, 1.82) is 0 Å². The van der Waals surface area contributed by atoms with Gasteiger partial charge in [0.25, 0.3) is 0 Å². The highest BCUT2D eigenvalue weighted by molar-refractivity contribution is 6.31. The molecule has 1 aromatic carbocycles. The average molecular weight is 347 g/mol. The van der Waals surface area contributed by atoms with Crippen LogP contribution in [-0.2, 0) is 17.8 Å². The van der Waals surface area contributed by atoms with Crippen LogP contribution in [0.1, 0.15) is 30.0 Å². The van der Waals surface area contributed by atoms with Gasteiger partial charge < -0.3 is 10.6 Å². The number of carbonyl (C=O) groups excluding carboxylic acids is 1. The van der Waals surface area contributed by atoms with Crippen molar-refractivity contribution < 1.29 is 4.79 Å². The Labute approximate surface area is 147 Å². The summed E-state index contributed by atoms with van der Waals surface area (Å²) >= 11 is 6.11. The average Bonchev–Trinajstić information content (AvgIpc) is 3.06. The summed E-state index contributed by atoms with van der Waals surface area (Å²) in [5.74, 6) is 0.432. The molecule has 1 aliphatic heterocycles. The molecule has 1 aliphatic rings. The number of nitrogens with one attached hydrogen (secondary N) is 2. The van der Waals surface area contributed by atoms with Gasteiger partial charge in [-0.25, -0.2) is 0 Å². The molecule has 1 saturated heterocycles. The van der Waals surface area contributed by atoms with Crippen LogP contribution in [-0.4, -0.2) is 35.3 Å². The minimum Gasteiger partial charge on any atom is -0.354 e. The molecule has 6 heteroatoms. The van der Waals surface area contributed by atoms with Crippen LogP contribution in [0.15, 0.2) is 36.5 Å². The van der Waals surface area contributed by atoms with Crippen LogP contribution in [0.5, 0.6) is 0 Å². The number of aromatic nitrogens is 2. The third-order valence-corrected chi connectivity index (χ3v) is 4.73. The molecular weight excluding hydrogens is 324 g/mol. The summed E-state index contributed by atoms with van der Waals surface area (Å²) in [5.41, 5.74) is 2.12. The molecule has 0 spiro atoms. The smallest absolute Gasteiger partial charge is 0.241 e. The maximum Gasteiger partial charge on any atom is 0.241 e. The van der Waals surface area contributed by atoms with Gasteiger partial charge in [0.1, 0.15) is 6.54 Å². The van der Waals surface area contributed by atoms with Gasteiger partial charge in [0.15, 0.2) is 0 Å². The van der Waals surface area contributed by atoms with E-state index in [0.717, 1.165) is 42.2 Å². The molecule has 0 radical (unpaired) electrons. The Balaban J connectivity index is 1.45. The van der Waals surface area contributed by atoms with Crippen LogP contribution in [0.4, 0.5) is 0 Å². The summed E-state index contributed by atoms with van der Waals surface area (Å²) in [6.45, 7) is 2.89. The lowest BCUT2D eigenvalue weighted by atomic mass is 9.97. The van der Waals surface area contributed by atoms with E-state index in [2.05, 4.69) is 15.7 Å². The normalized spacial score (nSPS) is 17.6. The predicted molar refractivity (Wildman–Crippen MR) is 95.2 cm³/mol. The first-order valence-corrected chi connectivity index (χ1v) is 8.84. The third kappa shape index (κ3) is 4.58. The van der Waals surface area contributed by atoms with Crippen LogP contribution < -0.4 is 10.6 Å². The Morgan fingerprint density at radius 1 is 1.38 bits per heavy atom. The van der Waals surface area contributed by atoms with Crippen LogP contribution in [0.3, 0.4) is 0 Å². The Morgan fingerprint density at radius 2 is 2.25 bits per heavy atom. The number of amides is 1. The van der Waals surface area contributed by atoms with E-state index < -0.39 is 0 Å². The van der Waals surface area contributed by atoms with Crippen LogP contribution in [0.25, 0.3) is 0 Å². The van der Waals surface area contributed by atoms with Crippen LogP contribution >= 0.6 is 11.6 Å². The zero-order valence-corrected chi connectivity index (χ0v) is 14.4. The molecule has 3 rings (SSSR count). The van der Waals surface area contributed by atoms with Crippen molar-refractivity contribution in [2.45, 2.75) is 31.7 Å². The minimum atomic E-state index is -0.0292. The second-order valence-corrected chi connectivity index (χ2v) is 6.58. The molecule has 1 amide bonds. The molecule has 1 fully saturated rings. The summed E-state index contributed by atoms with van der Waals surface area (Å²) in [4.78, 5) is 12.1. The number of piperidine rings is 1. The number of hydrogen-bond donors (Lipinski definition) is 2. The quantitative estimate of drug-likeness (QED) is 0.844. The van der Waals surface area contributed by atoms with Gasteiger partial charge in [-0.2, -0.15) is 5.10 Å². The Bertz CT molecular complexity index is 679. The molecule has 24 heavy (non-hydrogen) atoms. The lowest BCUT2D eigenvalue weighted by molar-refractivity contribution is -0.121. The first-order chi connectivity index (χ1) is 11.7. The van der Waals surface area contributed by atoms with Crippen molar-refractivity contribution in [1.82, 2.24) is 20.4 Å². The highest BCUT2D eigenvalue weighted by Gasteiger charge is 2.17. The van der Waals surface area contributed by atoms with E-state index in [1.54, 1.807) is 4.68 Å². The molecule has 1 atom stereocenters. The largest absolute Gasteiger partial charge is 0.354 e. The van der Waals surface area contributed by atoms with Gasteiger partial charge in [0, 0.05) is 30.2 Å². The Hall–Kier alpha value is -1.85. The third-order valence-electron chi connectivity index (χ3n) is 4.36. The van der Waals surface area contributed by atoms with E-state index in [0.29, 0.717) is 12.5 Å². The monoisotopic (exact) mass is 346 g/mol. The molecule has 1 aromatic heterocycles. The zero-order valence-electron chi connectivity index (χ0n) is 13.7. The molecule has 0 unspecified atom stereocenters. The van der Waals surface area contributed by atoms with E-state index in [-0.39, 0.29) is 12.5 Å². The Morgan fingerprint density at radius 3 is 3.04 bits per heavy atom. The topological polar surface area (TPSA) is 59.0 Å². The highest BCUT2D eigenvalue weighted by atomic mass is 35.5. The summed E-state index contributed by atoms with van der Waals surface area (Å²) in [7, 11) is 0. The van der Waals surface area contributed by atoms with E-state index in [1.165, 1.54) is 6.42 Å². The molecule has 2 heterocycles. The SMILES string of the molecule is O=C(Cn1ccc([C@H]2CCCNC2)n1)NCCc1ccccc1Cl. The number of carbonyl (C=O) groups is 1. The summed E-state index contributed by atoms with van der Waals surface area (Å²) < 4.78 is 1.72. The van der Waals surface area contributed by atoms with Crippen molar-refractivity contribution >= 4 is 17.5 Å². The number of nitrogens with zero attached hydrogens (tertiary/aromatic N) is 2. The second kappa shape index (κ2) is 8.31. The summed E-state index contributed by atoms with van der Waals surface area (Å²) in [6, 6.07) is 9.72. The highest BCUT2D eigenvalue weighted by Crippen LogP contribution is 2.21. The van der Waals surface area contributed by atoms with E-state index in [4.69, 9.17) is 11.6 Å². The maximum absolute atomic E-state index is 12.1. The molecule has 2 aromatic rings. The van der Waals surface area contributed by atoms with Gasteiger partial charge in [-0.15, -0.1) is 0 Å². The van der Waals surface area contributed by atoms with E-state index >= 15 is 0 Å². The fourth-order valence-corrected chi connectivity index (χ4v) is 3.26. The van der Waals surface area contributed by atoms with Crippen molar-refractivity contribution in [2.24, 2.45) is 0 Å². The standard InChI is InChI=1S/C18H23ClN4O/c19-16-6-2-1-4-14(16)7-10-21-18(24)13-23-11-8-17(22-23)15-5-3-9-20-12-15/h1-2,4,6,8,11,15,20H,3,5,7,9-10,12-13H2,(H,21,24)/t15-/m0/s1. The molecule has 5 nitrogen and oxygen atoms in total. The first kappa shape index (κ1) is 17.0. The van der Waals surface area contributed by atoms with Gasteiger partial charge in [0.05, 0.1) is 5.69 Å². The number of benzene rings is 1. The lowest BCUT2D eigenvalue weighted by Gasteiger charge is -2.20.